The lowest BCUT2D eigenvalue weighted by molar-refractivity contribution is -0.161. The van der Waals surface area contributed by atoms with Crippen LogP contribution in [0.1, 0.15) is 246 Å². The molecular weight excluding hydrogens is 1280 g/mol. The molecule has 0 spiro atoms. The Balaban J connectivity index is 5.49. The Hall–Kier alpha value is -5.58. The zero-order valence-corrected chi connectivity index (χ0v) is 61.9. The maximum Gasteiger partial charge on any atom is 0.472 e. The van der Waals surface area contributed by atoms with Crippen molar-refractivity contribution in [3.8, 4) is 0 Å². The molecule has 0 aromatic rings. The summed E-state index contributed by atoms with van der Waals surface area (Å²) in [6, 6.07) is 0. The SMILES string of the molecule is CC/C=C\C/C=C\C/C=C\C/C=C\C/C=C\CCCC(=O)OCC(COP(=O)(O)OCC(O)COP(=O)(O)OCC(COC(=O)CCCCCCC/C=C\C/C=C\C/C=C\CC)OC(=O)CCCCCCC/C=C\CCCC)OC(=O)C/C=C\C/C=C\C/C=C\C/C=C\C/C=C\CC. The van der Waals surface area contributed by atoms with Gasteiger partial charge in [0.15, 0.2) is 12.2 Å². The third-order valence-corrected chi connectivity index (χ3v) is 16.1. The number of ether oxygens (including phenoxy) is 4. The van der Waals surface area contributed by atoms with Crippen LogP contribution in [-0.2, 0) is 65.4 Å². The number of allylic oxidation sites excluding steroid dienone is 27. The number of phosphoric acid groups is 2. The molecule has 554 valence electrons. The molecule has 0 amide bonds. The van der Waals surface area contributed by atoms with E-state index in [0.29, 0.717) is 32.1 Å². The van der Waals surface area contributed by atoms with Gasteiger partial charge in [0.05, 0.1) is 32.8 Å². The Morgan fingerprint density at radius 3 is 0.959 bits per heavy atom. The fourth-order valence-electron chi connectivity index (χ4n) is 8.74. The van der Waals surface area contributed by atoms with Crippen molar-refractivity contribution < 1.29 is 80.2 Å². The van der Waals surface area contributed by atoms with Crippen LogP contribution < -0.4 is 0 Å². The zero-order valence-electron chi connectivity index (χ0n) is 60.1. The molecule has 0 aliphatic rings. The minimum atomic E-state index is -5.02. The van der Waals surface area contributed by atoms with Crippen LogP contribution in [0.2, 0.25) is 0 Å². The van der Waals surface area contributed by atoms with Crippen LogP contribution >= 0.6 is 15.6 Å². The van der Waals surface area contributed by atoms with Crippen molar-refractivity contribution in [3.05, 3.63) is 170 Å². The highest BCUT2D eigenvalue weighted by molar-refractivity contribution is 7.47. The van der Waals surface area contributed by atoms with Crippen LogP contribution in [-0.4, -0.2) is 96.7 Å². The lowest BCUT2D eigenvalue weighted by atomic mass is 10.1. The summed E-state index contributed by atoms with van der Waals surface area (Å²) in [5.74, 6) is -2.44. The molecule has 17 nitrogen and oxygen atoms in total. The minimum Gasteiger partial charge on any atom is -0.462 e. The van der Waals surface area contributed by atoms with Gasteiger partial charge in [0.1, 0.15) is 19.3 Å². The molecule has 0 aromatic carbocycles. The summed E-state index contributed by atoms with van der Waals surface area (Å²) in [5.41, 5.74) is 0. The van der Waals surface area contributed by atoms with Gasteiger partial charge in [-0.2, -0.15) is 0 Å². The van der Waals surface area contributed by atoms with Crippen molar-refractivity contribution in [3.63, 3.8) is 0 Å². The van der Waals surface area contributed by atoms with Gasteiger partial charge in [0, 0.05) is 19.3 Å². The Morgan fingerprint density at radius 2 is 0.582 bits per heavy atom. The predicted octanol–water partition coefficient (Wildman–Crippen LogP) is 20.7. The molecule has 0 saturated heterocycles. The molecule has 0 aromatic heterocycles. The standard InChI is InChI=1S/C79H126O17P2/c1-5-9-13-17-21-25-29-32-35-36-39-41-45-48-52-56-60-64-77(82)90-70-75(96-79(84)66-62-58-54-50-46-42-38-34-31-27-23-19-15-11-7-3)72-94-98(87,88)92-68-73(80)67-91-97(85,86)93-71-74(95-78(83)65-61-57-53-49-43-28-24-20-16-12-8-4)69-89-76(81)63-59-55-51-47-44-40-37-33-30-26-22-18-14-10-6-2/h9-11,13-15,20-27,32-35,37-39,41,46,48,50,52,58,62,73-75,80H,5-8,12,16-19,28-31,36,40,42-45,47,49,51,53-57,59-61,63-72H2,1-4H3,(H,85,86)(H,87,88)/b13-9-,14-10-,15-11-,24-20-,25-21-,26-22-,27-23-,35-32-,37-33-,38-34-,41-39-,50-46-,52-48-,62-58-. The summed E-state index contributed by atoms with van der Waals surface area (Å²) < 4.78 is 68.1. The summed E-state index contributed by atoms with van der Waals surface area (Å²) in [6.07, 6.45) is 81.2. The normalized spacial score (nSPS) is 15.0. The van der Waals surface area contributed by atoms with E-state index in [4.69, 9.17) is 37.0 Å². The number of aliphatic hydroxyl groups excluding tert-OH is 1. The van der Waals surface area contributed by atoms with Gasteiger partial charge in [-0.25, -0.2) is 9.13 Å². The third kappa shape index (κ3) is 68.9. The number of esters is 4. The number of aliphatic hydroxyl groups is 1. The molecule has 5 atom stereocenters. The number of carbonyl (C=O) groups excluding carboxylic acids is 4. The first-order valence-electron chi connectivity index (χ1n) is 36.4. The van der Waals surface area contributed by atoms with Gasteiger partial charge >= 0.3 is 39.5 Å². The summed E-state index contributed by atoms with van der Waals surface area (Å²) in [6.45, 7) is 4.23. The van der Waals surface area contributed by atoms with Gasteiger partial charge in [0.2, 0.25) is 0 Å². The first-order valence-corrected chi connectivity index (χ1v) is 39.4. The average molecular weight is 1410 g/mol. The van der Waals surface area contributed by atoms with Gasteiger partial charge in [-0.3, -0.25) is 37.3 Å². The monoisotopic (exact) mass is 1410 g/mol. The zero-order chi connectivity index (χ0) is 71.8. The molecule has 5 unspecified atom stereocenters. The number of phosphoric ester groups is 2. The molecule has 0 saturated carbocycles. The third-order valence-electron chi connectivity index (χ3n) is 14.2. The molecule has 19 heteroatoms. The van der Waals surface area contributed by atoms with Crippen molar-refractivity contribution in [1.82, 2.24) is 0 Å². The lowest BCUT2D eigenvalue weighted by Crippen LogP contribution is -2.30. The summed E-state index contributed by atoms with van der Waals surface area (Å²) in [7, 11) is -10.0. The highest BCUT2D eigenvalue weighted by atomic mass is 31.2. The van der Waals surface area contributed by atoms with E-state index >= 15 is 0 Å². The maximum absolute atomic E-state index is 13.0. The maximum atomic E-state index is 13.0. The second kappa shape index (κ2) is 69.9. The van der Waals surface area contributed by atoms with Crippen LogP contribution in [0.15, 0.2) is 170 Å². The first-order chi connectivity index (χ1) is 47.7. The van der Waals surface area contributed by atoms with E-state index in [1.165, 1.54) is 12.8 Å². The van der Waals surface area contributed by atoms with E-state index in [2.05, 4.69) is 161 Å². The molecule has 3 N–H and O–H groups in total. The van der Waals surface area contributed by atoms with E-state index in [1.54, 1.807) is 12.2 Å². The van der Waals surface area contributed by atoms with Crippen LogP contribution in [0.3, 0.4) is 0 Å². The molecule has 0 radical (unpaired) electrons. The molecule has 0 aliphatic carbocycles. The minimum absolute atomic E-state index is 0.0569. The van der Waals surface area contributed by atoms with E-state index in [0.717, 1.165) is 148 Å². The van der Waals surface area contributed by atoms with Crippen molar-refractivity contribution in [2.75, 3.05) is 39.6 Å². The van der Waals surface area contributed by atoms with Gasteiger partial charge in [-0.1, -0.05) is 249 Å². The summed E-state index contributed by atoms with van der Waals surface area (Å²) in [5, 5.41) is 10.6. The molecule has 0 bridgehead atoms. The lowest BCUT2D eigenvalue weighted by Gasteiger charge is -2.21. The predicted molar refractivity (Wildman–Crippen MR) is 399 cm³/mol. The summed E-state index contributed by atoms with van der Waals surface area (Å²) in [4.78, 5) is 72.6. The number of unbranched alkanes of at least 4 members (excludes halogenated alkanes) is 13. The highest BCUT2D eigenvalue weighted by Gasteiger charge is 2.30. The molecular formula is C79H126O17P2. The average Bonchev–Trinajstić information content (AvgIpc) is 0.986. The van der Waals surface area contributed by atoms with E-state index in [-0.39, 0.29) is 25.7 Å². The van der Waals surface area contributed by atoms with E-state index in [1.807, 2.05) is 24.3 Å². The van der Waals surface area contributed by atoms with Gasteiger partial charge in [-0.05, 0) is 141 Å². The largest absolute Gasteiger partial charge is 0.472 e. The van der Waals surface area contributed by atoms with Crippen molar-refractivity contribution in [2.45, 2.75) is 264 Å². The first kappa shape index (κ1) is 92.4. The smallest absolute Gasteiger partial charge is 0.462 e. The molecule has 0 aliphatic heterocycles. The van der Waals surface area contributed by atoms with Crippen LogP contribution in [0, 0.1) is 0 Å². The van der Waals surface area contributed by atoms with Crippen molar-refractivity contribution in [2.24, 2.45) is 0 Å². The Bertz CT molecular complexity index is 2530. The number of carbonyl (C=O) groups is 4. The van der Waals surface area contributed by atoms with Gasteiger partial charge in [0.25, 0.3) is 0 Å². The van der Waals surface area contributed by atoms with Crippen LogP contribution in [0.25, 0.3) is 0 Å². The highest BCUT2D eigenvalue weighted by Crippen LogP contribution is 2.45. The Kier molecular flexibility index (Phi) is 65.9. The van der Waals surface area contributed by atoms with Gasteiger partial charge in [-0.15, -0.1) is 0 Å². The summed E-state index contributed by atoms with van der Waals surface area (Å²) >= 11 is 0. The van der Waals surface area contributed by atoms with Crippen LogP contribution in [0.4, 0.5) is 0 Å². The van der Waals surface area contributed by atoms with Crippen molar-refractivity contribution >= 4 is 39.5 Å². The molecule has 0 rings (SSSR count). The fraction of sp³-hybridized carbons (Fsp3) is 0.595. The second-order valence-corrected chi connectivity index (χ2v) is 26.3. The van der Waals surface area contributed by atoms with Gasteiger partial charge < -0.3 is 33.8 Å². The number of rotatable bonds is 66. The molecule has 98 heavy (non-hydrogen) atoms. The molecule has 0 heterocycles. The van der Waals surface area contributed by atoms with Crippen LogP contribution in [0.5, 0.6) is 0 Å². The molecule has 0 fully saturated rings. The number of hydrogen-bond donors (Lipinski definition) is 3. The second-order valence-electron chi connectivity index (χ2n) is 23.4. The van der Waals surface area contributed by atoms with E-state index in [9.17, 15) is 43.2 Å². The topological polar surface area (TPSA) is 237 Å². The quantitative estimate of drug-likeness (QED) is 0.0169. The Labute approximate surface area is 591 Å². The fourth-order valence-corrected chi connectivity index (χ4v) is 10.3. The Morgan fingerprint density at radius 1 is 0.306 bits per heavy atom. The van der Waals surface area contributed by atoms with Crippen molar-refractivity contribution in [1.29, 1.82) is 0 Å². The van der Waals surface area contributed by atoms with E-state index < -0.39 is 97.5 Å². The number of hydrogen-bond acceptors (Lipinski definition) is 15.